The molecule has 0 radical (unpaired) electrons. The van der Waals surface area contributed by atoms with Crippen molar-refractivity contribution in [3.8, 4) is 17.6 Å². The number of carbonyl (C=O) groups is 1. The molecule has 0 saturated carbocycles. The van der Waals surface area contributed by atoms with Crippen molar-refractivity contribution in [1.82, 2.24) is 4.90 Å². The molecule has 1 aliphatic heterocycles. The third-order valence-electron chi connectivity index (χ3n) is 5.17. The molecule has 2 unspecified atom stereocenters. The van der Waals surface area contributed by atoms with E-state index in [1.165, 1.54) is 6.42 Å². The van der Waals surface area contributed by atoms with Gasteiger partial charge in [-0.25, -0.2) is 0 Å². The van der Waals surface area contributed by atoms with E-state index in [9.17, 15) is 4.79 Å². The maximum atomic E-state index is 12.9. The topological polar surface area (TPSA) is 62.6 Å². The van der Waals surface area contributed by atoms with Crippen molar-refractivity contribution >= 4 is 12.0 Å². The molecule has 1 fully saturated rings. The van der Waals surface area contributed by atoms with Gasteiger partial charge in [0.25, 0.3) is 0 Å². The Balaban J connectivity index is 2.13. The van der Waals surface area contributed by atoms with Gasteiger partial charge in [-0.05, 0) is 54.9 Å². The number of nitriles is 1. The Morgan fingerprint density at radius 2 is 2.11 bits per heavy atom. The number of benzene rings is 1. The highest BCUT2D eigenvalue weighted by molar-refractivity contribution is 5.92. The predicted octanol–water partition coefficient (Wildman–Crippen LogP) is 4.28. The van der Waals surface area contributed by atoms with E-state index in [1.54, 1.807) is 25.3 Å². The number of hydrogen-bond donors (Lipinski definition) is 0. The molecule has 1 saturated heterocycles. The predicted molar refractivity (Wildman–Crippen MR) is 106 cm³/mol. The lowest BCUT2D eigenvalue weighted by Crippen LogP contribution is -2.42. The quantitative estimate of drug-likeness (QED) is 0.701. The van der Waals surface area contributed by atoms with Crippen LogP contribution in [0.3, 0.4) is 0 Å². The minimum Gasteiger partial charge on any atom is -0.493 e. The highest BCUT2D eigenvalue weighted by Crippen LogP contribution is 2.29. The second-order valence-electron chi connectivity index (χ2n) is 7.50. The van der Waals surface area contributed by atoms with E-state index in [4.69, 9.17) is 14.7 Å². The minimum atomic E-state index is -0.0337. The lowest BCUT2D eigenvalue weighted by Gasteiger charge is -2.32. The first-order valence-electron chi connectivity index (χ1n) is 9.62. The summed E-state index contributed by atoms with van der Waals surface area (Å²) in [6.07, 6.45) is 6.76. The van der Waals surface area contributed by atoms with Crippen LogP contribution >= 0.6 is 0 Å². The average Bonchev–Trinajstić information content (AvgIpc) is 2.86. The van der Waals surface area contributed by atoms with E-state index in [0.717, 1.165) is 24.9 Å². The van der Waals surface area contributed by atoms with Gasteiger partial charge in [-0.15, -0.1) is 0 Å². The summed E-state index contributed by atoms with van der Waals surface area (Å²) >= 11 is 0. The summed E-state index contributed by atoms with van der Waals surface area (Å²) < 4.78 is 10.7. The lowest BCUT2D eigenvalue weighted by atomic mass is 9.95. The molecule has 0 N–H and O–H groups in total. The first kappa shape index (κ1) is 20.8. The van der Waals surface area contributed by atoms with Gasteiger partial charge >= 0.3 is 0 Å². The van der Waals surface area contributed by atoms with E-state index in [0.29, 0.717) is 29.4 Å². The number of nitrogens with zero attached hydrogens (tertiary/aromatic N) is 2. The maximum Gasteiger partial charge on any atom is 0.246 e. The molecule has 146 valence electrons. The second kappa shape index (κ2) is 10.0. The van der Waals surface area contributed by atoms with Crippen molar-refractivity contribution in [2.75, 3.05) is 20.3 Å². The first-order chi connectivity index (χ1) is 13.0. The number of carbonyl (C=O) groups excluding carboxylic acids is 1. The minimum absolute atomic E-state index is 0.0337. The summed E-state index contributed by atoms with van der Waals surface area (Å²) in [4.78, 5) is 14.9. The van der Waals surface area contributed by atoms with E-state index in [1.807, 2.05) is 23.1 Å². The zero-order valence-electron chi connectivity index (χ0n) is 16.8. The van der Waals surface area contributed by atoms with Gasteiger partial charge in [-0.1, -0.05) is 26.8 Å². The number of hydrogen-bond acceptors (Lipinski definition) is 4. The molecule has 1 aromatic carbocycles. The van der Waals surface area contributed by atoms with Crippen molar-refractivity contribution in [3.05, 3.63) is 29.8 Å². The van der Waals surface area contributed by atoms with Crippen molar-refractivity contribution in [2.24, 2.45) is 11.8 Å². The highest BCUT2D eigenvalue weighted by Gasteiger charge is 2.28. The first-order valence-corrected chi connectivity index (χ1v) is 9.62. The number of rotatable bonds is 6. The second-order valence-corrected chi connectivity index (χ2v) is 7.50. The Bertz CT molecular complexity index is 706. The summed E-state index contributed by atoms with van der Waals surface area (Å²) in [6.45, 7) is 7.43. The Hall–Kier alpha value is -2.48. The van der Waals surface area contributed by atoms with Gasteiger partial charge in [0.15, 0.2) is 18.1 Å². The van der Waals surface area contributed by atoms with Gasteiger partial charge in [0.05, 0.1) is 7.11 Å². The maximum absolute atomic E-state index is 12.9. The molecule has 27 heavy (non-hydrogen) atoms. The van der Waals surface area contributed by atoms with Crippen molar-refractivity contribution in [1.29, 1.82) is 5.26 Å². The number of amides is 1. The fourth-order valence-corrected chi connectivity index (χ4v) is 3.53. The van der Waals surface area contributed by atoms with Crippen LogP contribution in [0.25, 0.3) is 6.08 Å². The van der Waals surface area contributed by atoms with E-state index in [-0.39, 0.29) is 12.5 Å². The summed E-state index contributed by atoms with van der Waals surface area (Å²) in [7, 11) is 1.55. The highest BCUT2D eigenvalue weighted by atomic mass is 16.5. The Kier molecular flexibility index (Phi) is 7.72. The van der Waals surface area contributed by atoms with Crippen LogP contribution in [0.2, 0.25) is 0 Å². The Labute approximate surface area is 162 Å². The van der Waals surface area contributed by atoms with Gasteiger partial charge in [-0.3, -0.25) is 4.79 Å². The Morgan fingerprint density at radius 3 is 2.78 bits per heavy atom. The monoisotopic (exact) mass is 370 g/mol. The molecule has 1 heterocycles. The van der Waals surface area contributed by atoms with Gasteiger partial charge < -0.3 is 14.4 Å². The summed E-state index contributed by atoms with van der Waals surface area (Å²) in [5.41, 5.74) is 0.855. The third-order valence-corrected chi connectivity index (χ3v) is 5.17. The largest absolute Gasteiger partial charge is 0.493 e. The van der Waals surface area contributed by atoms with Gasteiger partial charge in [0.2, 0.25) is 5.91 Å². The summed E-state index contributed by atoms with van der Waals surface area (Å²) in [5, 5.41) is 8.64. The summed E-state index contributed by atoms with van der Waals surface area (Å²) in [6, 6.07) is 7.64. The van der Waals surface area contributed by atoms with E-state index < -0.39 is 0 Å². The van der Waals surface area contributed by atoms with Gasteiger partial charge in [-0.2, -0.15) is 5.26 Å². The van der Waals surface area contributed by atoms with Crippen molar-refractivity contribution < 1.29 is 14.3 Å². The SMILES string of the molecule is COc1cc(/C=C/C(=O)N2CCC(C)CCC2C(C)C)ccc1OCC#N. The Morgan fingerprint density at radius 1 is 1.33 bits per heavy atom. The zero-order valence-corrected chi connectivity index (χ0v) is 16.8. The number of likely N-dealkylation sites (tertiary alicyclic amines) is 1. The summed E-state index contributed by atoms with van der Waals surface area (Å²) in [5.74, 6) is 2.24. The fourth-order valence-electron chi connectivity index (χ4n) is 3.53. The molecule has 0 bridgehead atoms. The van der Waals surface area contributed by atoms with Crippen LogP contribution in [0, 0.1) is 23.2 Å². The van der Waals surface area contributed by atoms with Crippen LogP contribution in [0.5, 0.6) is 11.5 Å². The molecule has 5 nitrogen and oxygen atoms in total. The molecule has 1 amide bonds. The molecule has 1 aromatic rings. The van der Waals surface area contributed by atoms with E-state index in [2.05, 4.69) is 20.8 Å². The van der Waals surface area contributed by atoms with Crippen LogP contribution in [0.1, 0.15) is 45.6 Å². The smallest absolute Gasteiger partial charge is 0.246 e. The molecule has 1 aliphatic rings. The van der Waals surface area contributed by atoms with E-state index >= 15 is 0 Å². The van der Waals surface area contributed by atoms with Crippen LogP contribution in [-0.2, 0) is 4.79 Å². The third kappa shape index (κ3) is 5.75. The number of methoxy groups -OCH3 is 1. The number of ether oxygens (including phenoxy) is 2. The standard InChI is InChI=1S/C22H30N2O3/c1-16(2)19-8-5-17(3)11-13-24(19)22(25)10-7-18-6-9-20(27-14-12-23)21(15-18)26-4/h6-7,9-10,15-17,19H,5,8,11,13-14H2,1-4H3/b10-7+. The van der Waals surface area contributed by atoms with Crippen LogP contribution in [0.4, 0.5) is 0 Å². The normalized spacial score (nSPS) is 20.4. The molecule has 0 aliphatic carbocycles. The van der Waals surface area contributed by atoms with Crippen molar-refractivity contribution in [2.45, 2.75) is 46.1 Å². The molecular formula is C22H30N2O3. The molecule has 5 heteroatoms. The molecule has 2 rings (SSSR count). The molecule has 2 atom stereocenters. The van der Waals surface area contributed by atoms with Crippen LogP contribution in [-0.4, -0.2) is 37.1 Å². The van der Waals surface area contributed by atoms with Gasteiger partial charge in [0, 0.05) is 18.7 Å². The zero-order chi connectivity index (χ0) is 19.8. The van der Waals surface area contributed by atoms with Crippen molar-refractivity contribution in [3.63, 3.8) is 0 Å². The molecular weight excluding hydrogens is 340 g/mol. The van der Waals surface area contributed by atoms with Crippen LogP contribution in [0.15, 0.2) is 24.3 Å². The molecule has 0 spiro atoms. The van der Waals surface area contributed by atoms with Gasteiger partial charge in [0.1, 0.15) is 6.07 Å². The fraction of sp³-hybridized carbons (Fsp3) is 0.545. The average molecular weight is 370 g/mol. The molecule has 0 aromatic heterocycles. The van der Waals surface area contributed by atoms with Crippen LogP contribution < -0.4 is 9.47 Å². The lowest BCUT2D eigenvalue weighted by molar-refractivity contribution is -0.129.